The molecule has 0 saturated heterocycles. The normalized spacial score (nSPS) is 10.1. The monoisotopic (exact) mass is 205 g/mol. The van der Waals surface area contributed by atoms with E-state index in [-0.39, 0.29) is 5.69 Å². The first kappa shape index (κ1) is 9.25. The van der Waals surface area contributed by atoms with Crippen molar-refractivity contribution < 1.29 is 4.92 Å². The Hall–Kier alpha value is -2.31. The van der Waals surface area contributed by atoms with Gasteiger partial charge in [0.2, 0.25) is 0 Å². The van der Waals surface area contributed by atoms with Crippen LogP contribution >= 0.6 is 0 Å². The number of non-ortho nitro benzene ring substituents is 1. The van der Waals surface area contributed by atoms with Crippen molar-refractivity contribution in [1.29, 1.82) is 0 Å². The lowest BCUT2D eigenvalue weighted by molar-refractivity contribution is -0.384. The molecular formula is C8H7N5O2. The Morgan fingerprint density at radius 1 is 1.33 bits per heavy atom. The van der Waals surface area contributed by atoms with E-state index in [4.69, 9.17) is 0 Å². The number of nitro groups is 1. The quantitative estimate of drug-likeness (QED) is 0.541. The highest BCUT2D eigenvalue weighted by Crippen LogP contribution is 2.11. The van der Waals surface area contributed by atoms with E-state index in [1.54, 1.807) is 12.1 Å². The maximum Gasteiger partial charge on any atom is 0.269 e. The van der Waals surface area contributed by atoms with Gasteiger partial charge in [0.1, 0.15) is 0 Å². The maximum absolute atomic E-state index is 10.4. The third kappa shape index (κ3) is 2.13. The predicted octanol–water partition coefficient (Wildman–Crippen LogP) is 0.630. The van der Waals surface area contributed by atoms with Gasteiger partial charge in [0.25, 0.3) is 5.69 Å². The third-order valence-corrected chi connectivity index (χ3v) is 1.86. The maximum atomic E-state index is 10.4. The van der Waals surface area contributed by atoms with Gasteiger partial charge in [0.15, 0.2) is 6.33 Å². The second kappa shape index (κ2) is 3.82. The van der Waals surface area contributed by atoms with Gasteiger partial charge in [-0.25, -0.2) is 0 Å². The fourth-order valence-corrected chi connectivity index (χ4v) is 1.15. The van der Waals surface area contributed by atoms with E-state index >= 15 is 0 Å². The van der Waals surface area contributed by atoms with Crippen molar-refractivity contribution in [2.75, 3.05) is 0 Å². The molecule has 7 nitrogen and oxygen atoms in total. The molecule has 1 aromatic carbocycles. The van der Waals surface area contributed by atoms with E-state index < -0.39 is 4.92 Å². The summed E-state index contributed by atoms with van der Waals surface area (Å²) in [5.74, 6) is 0. The topological polar surface area (TPSA) is 86.7 Å². The first-order valence-corrected chi connectivity index (χ1v) is 4.20. The first-order chi connectivity index (χ1) is 7.25. The lowest BCUT2D eigenvalue weighted by atomic mass is 10.2. The van der Waals surface area contributed by atoms with Crippen molar-refractivity contribution in [2.45, 2.75) is 6.54 Å². The van der Waals surface area contributed by atoms with Crippen molar-refractivity contribution in [3.05, 3.63) is 46.3 Å². The van der Waals surface area contributed by atoms with E-state index in [1.165, 1.54) is 23.3 Å². The van der Waals surface area contributed by atoms with Crippen molar-refractivity contribution in [1.82, 2.24) is 20.2 Å². The zero-order valence-corrected chi connectivity index (χ0v) is 7.65. The van der Waals surface area contributed by atoms with Crippen LogP contribution in [0.25, 0.3) is 0 Å². The number of nitrogens with zero attached hydrogens (tertiary/aromatic N) is 5. The number of nitro benzene ring substituents is 1. The van der Waals surface area contributed by atoms with Gasteiger partial charge < -0.3 is 0 Å². The molecule has 0 bridgehead atoms. The Morgan fingerprint density at radius 3 is 2.60 bits per heavy atom. The molecule has 0 aliphatic carbocycles. The smallest absolute Gasteiger partial charge is 0.258 e. The molecule has 1 heterocycles. The van der Waals surface area contributed by atoms with Gasteiger partial charge in [-0.2, -0.15) is 4.80 Å². The average molecular weight is 205 g/mol. The third-order valence-electron chi connectivity index (χ3n) is 1.86. The fourth-order valence-electron chi connectivity index (χ4n) is 1.15. The van der Waals surface area contributed by atoms with Gasteiger partial charge >= 0.3 is 0 Å². The Morgan fingerprint density at radius 2 is 2.07 bits per heavy atom. The summed E-state index contributed by atoms with van der Waals surface area (Å²) in [5, 5.41) is 21.5. The summed E-state index contributed by atoms with van der Waals surface area (Å²) in [6.45, 7) is 0.456. The molecule has 0 amide bonds. The van der Waals surface area contributed by atoms with Crippen LogP contribution in [-0.4, -0.2) is 25.1 Å². The molecular weight excluding hydrogens is 198 g/mol. The summed E-state index contributed by atoms with van der Waals surface area (Å²) in [6.07, 6.45) is 1.34. The van der Waals surface area contributed by atoms with Crippen molar-refractivity contribution in [3.63, 3.8) is 0 Å². The van der Waals surface area contributed by atoms with Crippen molar-refractivity contribution >= 4 is 5.69 Å². The van der Waals surface area contributed by atoms with Gasteiger partial charge in [-0.05, 0) is 10.8 Å². The largest absolute Gasteiger partial charge is 0.269 e. The van der Waals surface area contributed by atoms with Crippen LogP contribution in [0.5, 0.6) is 0 Å². The second-order valence-electron chi connectivity index (χ2n) is 2.89. The fraction of sp³-hybridized carbons (Fsp3) is 0.125. The van der Waals surface area contributed by atoms with Crippen molar-refractivity contribution in [3.8, 4) is 0 Å². The molecule has 0 fully saturated rings. The number of benzene rings is 1. The van der Waals surface area contributed by atoms with Crippen LogP contribution in [0.15, 0.2) is 30.6 Å². The highest BCUT2D eigenvalue weighted by atomic mass is 16.6. The minimum Gasteiger partial charge on any atom is -0.258 e. The number of aromatic nitrogens is 4. The second-order valence-corrected chi connectivity index (χ2v) is 2.89. The molecule has 0 unspecified atom stereocenters. The number of hydrogen-bond acceptors (Lipinski definition) is 5. The molecule has 0 N–H and O–H groups in total. The SMILES string of the molecule is O=[N+]([O-])c1ccc(Cn2ncnn2)cc1. The van der Waals surface area contributed by atoms with Crippen LogP contribution in [-0.2, 0) is 6.54 Å². The van der Waals surface area contributed by atoms with Crippen LogP contribution in [0.4, 0.5) is 5.69 Å². The number of hydrogen-bond donors (Lipinski definition) is 0. The predicted molar refractivity (Wildman–Crippen MR) is 50.0 cm³/mol. The molecule has 1 aromatic heterocycles. The van der Waals surface area contributed by atoms with E-state index in [2.05, 4.69) is 15.4 Å². The van der Waals surface area contributed by atoms with Crippen molar-refractivity contribution in [2.24, 2.45) is 0 Å². The van der Waals surface area contributed by atoms with Gasteiger partial charge in [-0.1, -0.05) is 12.1 Å². The number of rotatable bonds is 3. The molecule has 0 radical (unpaired) electrons. The lowest BCUT2D eigenvalue weighted by Crippen LogP contribution is -2.03. The summed E-state index contributed by atoms with van der Waals surface area (Å²) in [5.41, 5.74) is 0.962. The molecule has 0 aliphatic rings. The standard InChI is InChI=1S/C8H7N5O2/c14-13(15)8-3-1-7(2-4-8)5-12-10-6-9-11-12/h1-4,6H,5H2. The van der Waals surface area contributed by atoms with Crippen LogP contribution in [0.1, 0.15) is 5.56 Å². The Labute approximate surface area is 84.5 Å². The molecule has 0 spiro atoms. The summed E-state index contributed by atoms with van der Waals surface area (Å²) in [4.78, 5) is 11.4. The van der Waals surface area contributed by atoms with Crippen LogP contribution in [0, 0.1) is 10.1 Å². The molecule has 0 atom stereocenters. The minimum atomic E-state index is -0.433. The Balaban J connectivity index is 2.14. The Bertz CT molecular complexity index is 450. The summed E-state index contributed by atoms with van der Waals surface area (Å²) in [7, 11) is 0. The van der Waals surface area contributed by atoms with Gasteiger partial charge in [-0.3, -0.25) is 10.1 Å². The number of tetrazole rings is 1. The highest BCUT2D eigenvalue weighted by Gasteiger charge is 2.04. The van der Waals surface area contributed by atoms with Crippen LogP contribution in [0.2, 0.25) is 0 Å². The van der Waals surface area contributed by atoms with Crippen LogP contribution in [0.3, 0.4) is 0 Å². The van der Waals surface area contributed by atoms with E-state index in [0.717, 1.165) is 5.56 Å². The van der Waals surface area contributed by atoms with Crippen LogP contribution < -0.4 is 0 Å². The first-order valence-electron chi connectivity index (χ1n) is 4.20. The molecule has 0 saturated carbocycles. The zero-order valence-electron chi connectivity index (χ0n) is 7.65. The molecule has 0 aliphatic heterocycles. The van der Waals surface area contributed by atoms with E-state index in [1.807, 2.05) is 0 Å². The summed E-state index contributed by atoms with van der Waals surface area (Å²) >= 11 is 0. The average Bonchev–Trinajstić information content (AvgIpc) is 2.71. The van der Waals surface area contributed by atoms with Gasteiger partial charge in [-0.15, -0.1) is 10.2 Å². The molecule has 76 valence electrons. The zero-order chi connectivity index (χ0) is 10.7. The summed E-state index contributed by atoms with van der Waals surface area (Å²) in [6, 6.07) is 6.24. The molecule has 2 rings (SSSR count). The minimum absolute atomic E-state index is 0.0744. The lowest BCUT2D eigenvalue weighted by Gasteiger charge is -1.98. The van der Waals surface area contributed by atoms with Gasteiger partial charge in [0.05, 0.1) is 11.5 Å². The molecule has 7 heteroatoms. The van der Waals surface area contributed by atoms with E-state index in [9.17, 15) is 10.1 Å². The van der Waals surface area contributed by atoms with E-state index in [0.29, 0.717) is 6.54 Å². The Kier molecular flexibility index (Phi) is 2.36. The highest BCUT2D eigenvalue weighted by molar-refractivity contribution is 5.32. The summed E-state index contributed by atoms with van der Waals surface area (Å²) < 4.78 is 0. The molecule has 15 heavy (non-hydrogen) atoms. The molecule has 2 aromatic rings. The van der Waals surface area contributed by atoms with Gasteiger partial charge in [0, 0.05) is 12.1 Å².